The topological polar surface area (TPSA) is 39.1 Å². The minimum absolute atomic E-state index is 0.0739. The number of aromatic nitrogens is 2. The fourth-order valence-corrected chi connectivity index (χ4v) is 2.73. The zero-order valence-corrected chi connectivity index (χ0v) is 14.1. The van der Waals surface area contributed by atoms with Crippen molar-refractivity contribution in [3.05, 3.63) is 16.9 Å². The fraction of sp³-hybridized carbons (Fsp3) is 0.800. The number of ether oxygens (including phenoxy) is 1. The molecule has 1 N–H and O–H groups in total. The van der Waals surface area contributed by atoms with Crippen molar-refractivity contribution < 1.29 is 4.74 Å². The van der Waals surface area contributed by atoms with Crippen LogP contribution in [0.1, 0.15) is 52.8 Å². The van der Waals surface area contributed by atoms with Gasteiger partial charge >= 0.3 is 0 Å². The second-order valence-electron chi connectivity index (χ2n) is 5.29. The molecule has 0 fully saturated rings. The number of hydrogen-bond acceptors (Lipinski definition) is 3. The van der Waals surface area contributed by atoms with Gasteiger partial charge in [-0.1, -0.05) is 32.4 Å². The molecule has 0 aliphatic carbocycles. The Morgan fingerprint density at radius 1 is 1.35 bits per heavy atom. The molecule has 0 amide bonds. The number of nitrogens with one attached hydrogen (secondary N) is 1. The van der Waals surface area contributed by atoms with Crippen LogP contribution in [0, 0.1) is 5.92 Å². The average molecular weight is 302 g/mol. The van der Waals surface area contributed by atoms with Crippen LogP contribution >= 0.6 is 11.6 Å². The van der Waals surface area contributed by atoms with Gasteiger partial charge in [0.1, 0.15) is 0 Å². The lowest BCUT2D eigenvalue weighted by Crippen LogP contribution is -2.39. The monoisotopic (exact) mass is 301 g/mol. The van der Waals surface area contributed by atoms with Crippen molar-refractivity contribution in [1.82, 2.24) is 15.1 Å². The van der Waals surface area contributed by atoms with Crippen LogP contribution in [-0.4, -0.2) is 29.0 Å². The SMILES string of the molecule is CCCNC(c1c(Cl)cnn1CC)C(OCC)C(C)C. The summed E-state index contributed by atoms with van der Waals surface area (Å²) in [4.78, 5) is 0. The Kier molecular flexibility index (Phi) is 7.56. The molecule has 0 bridgehead atoms. The van der Waals surface area contributed by atoms with Crippen LogP contribution in [0.25, 0.3) is 0 Å². The number of nitrogens with zero attached hydrogens (tertiary/aromatic N) is 2. The van der Waals surface area contributed by atoms with E-state index in [9.17, 15) is 0 Å². The number of halogens is 1. The van der Waals surface area contributed by atoms with Gasteiger partial charge < -0.3 is 10.1 Å². The maximum Gasteiger partial charge on any atom is 0.0835 e. The zero-order chi connectivity index (χ0) is 15.1. The Hall–Kier alpha value is -0.580. The molecule has 1 rings (SSSR count). The minimum Gasteiger partial charge on any atom is -0.376 e. The van der Waals surface area contributed by atoms with Crippen molar-refractivity contribution >= 4 is 11.6 Å². The van der Waals surface area contributed by atoms with E-state index in [-0.39, 0.29) is 12.1 Å². The van der Waals surface area contributed by atoms with Crippen molar-refractivity contribution in [2.75, 3.05) is 13.2 Å². The minimum atomic E-state index is 0.0739. The summed E-state index contributed by atoms with van der Waals surface area (Å²) in [7, 11) is 0. The fourth-order valence-electron chi connectivity index (χ4n) is 2.47. The molecule has 0 saturated heterocycles. The van der Waals surface area contributed by atoms with E-state index in [1.54, 1.807) is 6.20 Å². The van der Waals surface area contributed by atoms with Gasteiger partial charge in [-0.25, -0.2) is 0 Å². The van der Waals surface area contributed by atoms with Crippen LogP contribution in [0.15, 0.2) is 6.20 Å². The molecule has 0 radical (unpaired) electrons. The molecule has 20 heavy (non-hydrogen) atoms. The highest BCUT2D eigenvalue weighted by Gasteiger charge is 2.30. The van der Waals surface area contributed by atoms with Gasteiger partial charge in [-0.05, 0) is 32.7 Å². The van der Waals surface area contributed by atoms with Crippen LogP contribution in [0.4, 0.5) is 0 Å². The largest absolute Gasteiger partial charge is 0.376 e. The van der Waals surface area contributed by atoms with Crippen LogP contribution in [0.3, 0.4) is 0 Å². The third-order valence-corrected chi connectivity index (χ3v) is 3.68. The van der Waals surface area contributed by atoms with Gasteiger partial charge in [0.25, 0.3) is 0 Å². The standard InChI is InChI=1S/C15H28ClN3O/c1-6-9-17-13(15(11(4)5)20-8-3)14-12(16)10-18-19(14)7-2/h10-11,13,15,17H,6-9H2,1-5H3. The molecular weight excluding hydrogens is 274 g/mol. The molecule has 1 aromatic rings. The second kappa shape index (κ2) is 8.65. The van der Waals surface area contributed by atoms with E-state index in [1.165, 1.54) is 0 Å². The van der Waals surface area contributed by atoms with E-state index in [0.717, 1.165) is 25.2 Å². The summed E-state index contributed by atoms with van der Waals surface area (Å²) >= 11 is 6.37. The van der Waals surface area contributed by atoms with Crippen molar-refractivity contribution in [2.24, 2.45) is 5.92 Å². The van der Waals surface area contributed by atoms with Gasteiger partial charge in [-0.15, -0.1) is 0 Å². The molecule has 2 atom stereocenters. The summed E-state index contributed by atoms with van der Waals surface area (Å²) in [6.07, 6.45) is 2.89. The lowest BCUT2D eigenvalue weighted by atomic mass is 9.96. The maximum atomic E-state index is 6.37. The molecule has 0 saturated carbocycles. The van der Waals surface area contributed by atoms with E-state index >= 15 is 0 Å². The molecule has 1 heterocycles. The summed E-state index contributed by atoms with van der Waals surface area (Å²) in [6, 6.07) is 0.0739. The van der Waals surface area contributed by atoms with Gasteiger partial charge in [0.05, 0.1) is 29.1 Å². The molecule has 1 aromatic heterocycles. The normalized spacial score (nSPS) is 14.8. The van der Waals surface area contributed by atoms with Gasteiger partial charge in [-0.3, -0.25) is 4.68 Å². The van der Waals surface area contributed by atoms with E-state index in [1.807, 2.05) is 11.6 Å². The maximum absolute atomic E-state index is 6.37. The number of aryl methyl sites for hydroxylation is 1. The average Bonchev–Trinajstić information content (AvgIpc) is 2.79. The van der Waals surface area contributed by atoms with Crippen LogP contribution in [0.2, 0.25) is 5.02 Å². The van der Waals surface area contributed by atoms with Crippen molar-refractivity contribution in [3.8, 4) is 0 Å². The van der Waals surface area contributed by atoms with Gasteiger partial charge in [0, 0.05) is 13.2 Å². The van der Waals surface area contributed by atoms with Crippen LogP contribution < -0.4 is 5.32 Å². The van der Waals surface area contributed by atoms with E-state index < -0.39 is 0 Å². The van der Waals surface area contributed by atoms with E-state index in [2.05, 4.69) is 38.1 Å². The molecule has 4 nitrogen and oxygen atoms in total. The Labute approximate surface area is 127 Å². The van der Waals surface area contributed by atoms with E-state index in [4.69, 9.17) is 16.3 Å². The number of hydrogen-bond donors (Lipinski definition) is 1. The van der Waals surface area contributed by atoms with Crippen molar-refractivity contribution in [3.63, 3.8) is 0 Å². The van der Waals surface area contributed by atoms with Crippen LogP contribution in [-0.2, 0) is 11.3 Å². The first-order valence-electron chi connectivity index (χ1n) is 7.62. The zero-order valence-electron chi connectivity index (χ0n) is 13.3. The lowest BCUT2D eigenvalue weighted by Gasteiger charge is -2.31. The summed E-state index contributed by atoms with van der Waals surface area (Å²) in [5, 5.41) is 8.65. The Morgan fingerprint density at radius 3 is 2.55 bits per heavy atom. The Bertz CT molecular complexity index is 392. The Morgan fingerprint density at radius 2 is 2.05 bits per heavy atom. The predicted octanol–water partition coefficient (Wildman–Crippen LogP) is 3.66. The number of rotatable bonds is 9. The second-order valence-corrected chi connectivity index (χ2v) is 5.70. The molecule has 0 aliphatic heterocycles. The summed E-state index contributed by atoms with van der Waals surface area (Å²) < 4.78 is 7.94. The summed E-state index contributed by atoms with van der Waals surface area (Å²) in [5.41, 5.74) is 1.04. The quantitative estimate of drug-likeness (QED) is 0.756. The first-order valence-corrected chi connectivity index (χ1v) is 8.00. The lowest BCUT2D eigenvalue weighted by molar-refractivity contribution is 0.000811. The summed E-state index contributed by atoms with van der Waals surface area (Å²) in [5.74, 6) is 0.403. The van der Waals surface area contributed by atoms with E-state index in [0.29, 0.717) is 17.5 Å². The molecule has 2 unspecified atom stereocenters. The first-order chi connectivity index (χ1) is 9.56. The molecule has 5 heteroatoms. The first kappa shape index (κ1) is 17.5. The highest BCUT2D eigenvalue weighted by Crippen LogP contribution is 2.30. The van der Waals surface area contributed by atoms with Gasteiger partial charge in [0.15, 0.2) is 0 Å². The molecule has 116 valence electrons. The van der Waals surface area contributed by atoms with Gasteiger partial charge in [0.2, 0.25) is 0 Å². The molecule has 0 spiro atoms. The highest BCUT2D eigenvalue weighted by atomic mass is 35.5. The van der Waals surface area contributed by atoms with Crippen molar-refractivity contribution in [2.45, 2.75) is 59.7 Å². The highest BCUT2D eigenvalue weighted by molar-refractivity contribution is 6.31. The smallest absolute Gasteiger partial charge is 0.0835 e. The van der Waals surface area contributed by atoms with Crippen molar-refractivity contribution in [1.29, 1.82) is 0 Å². The predicted molar refractivity (Wildman–Crippen MR) is 84.2 cm³/mol. The third-order valence-electron chi connectivity index (χ3n) is 3.39. The molecule has 0 aromatic carbocycles. The summed E-state index contributed by atoms with van der Waals surface area (Å²) in [6.45, 7) is 13.1. The van der Waals surface area contributed by atoms with Gasteiger partial charge in [-0.2, -0.15) is 5.10 Å². The molecular formula is C15H28ClN3O. The van der Waals surface area contributed by atoms with Crippen LogP contribution in [0.5, 0.6) is 0 Å². The third kappa shape index (κ3) is 4.21. The molecule has 0 aliphatic rings. The Balaban J connectivity index is 3.11.